The Hall–Kier alpha value is -3.75. The molecule has 2 aliphatic carbocycles. The lowest BCUT2D eigenvalue weighted by Gasteiger charge is -2.58. The molecule has 0 radical (unpaired) electrons. The van der Waals surface area contributed by atoms with Crippen LogP contribution < -0.4 is 24.3 Å². The summed E-state index contributed by atoms with van der Waals surface area (Å²) in [5.74, 6) is 1.80. The highest BCUT2D eigenvalue weighted by Gasteiger charge is 2.64. The number of anilines is 1. The van der Waals surface area contributed by atoms with E-state index < -0.39 is 18.2 Å². The van der Waals surface area contributed by atoms with Gasteiger partial charge in [0.25, 0.3) is 0 Å². The molecule has 2 fully saturated rings. The lowest BCUT2D eigenvalue weighted by molar-refractivity contribution is -0.223. The Morgan fingerprint density at radius 3 is 2.21 bits per heavy atom. The molecular weight excluding hydrogens is 905 g/mol. The van der Waals surface area contributed by atoms with Crippen LogP contribution in [0.4, 0.5) is 10.5 Å². The summed E-state index contributed by atoms with van der Waals surface area (Å²) in [5, 5.41) is 27.7. The Morgan fingerprint density at radius 1 is 0.857 bits per heavy atom. The Morgan fingerprint density at radius 2 is 1.56 bits per heavy atom. The molecule has 2 aliphatic heterocycles. The van der Waals surface area contributed by atoms with Gasteiger partial charge in [-0.15, -0.1) is 6.58 Å². The van der Waals surface area contributed by atoms with E-state index in [0.29, 0.717) is 61.2 Å². The molecule has 13 heteroatoms. The molecule has 0 aromatic heterocycles. The van der Waals surface area contributed by atoms with Crippen LogP contribution >= 0.6 is 11.8 Å². The molecular formula is C57H86N2O10S. The Bertz CT molecular complexity index is 1940. The summed E-state index contributed by atoms with van der Waals surface area (Å²) in [4.78, 5) is 19.9. The maximum atomic E-state index is 13.6. The lowest BCUT2D eigenvalue weighted by Crippen LogP contribution is -2.64. The van der Waals surface area contributed by atoms with Crippen molar-refractivity contribution in [1.82, 2.24) is 0 Å². The molecule has 2 aromatic carbocycles. The molecule has 4 aliphatic rings. The van der Waals surface area contributed by atoms with E-state index in [1.807, 2.05) is 23.9 Å². The van der Waals surface area contributed by atoms with Gasteiger partial charge in [0, 0.05) is 43.6 Å². The minimum absolute atomic E-state index is 0.111. The van der Waals surface area contributed by atoms with E-state index in [0.717, 1.165) is 74.0 Å². The first-order chi connectivity index (χ1) is 34.4. The molecule has 0 spiro atoms. The third kappa shape index (κ3) is 15.6. The van der Waals surface area contributed by atoms with Crippen LogP contribution in [-0.4, -0.2) is 85.7 Å². The van der Waals surface area contributed by atoms with E-state index >= 15 is 0 Å². The number of rotatable bonds is 33. The molecule has 2 heterocycles. The number of nitrogens with zero attached hydrogens (tertiary/aromatic N) is 1. The number of hydrogen-bond donors (Lipinski definition) is 3. The molecule has 1 saturated heterocycles. The monoisotopic (exact) mass is 991 g/mol. The van der Waals surface area contributed by atoms with Gasteiger partial charge in [0.2, 0.25) is 12.1 Å². The minimum Gasteiger partial charge on any atom is -0.497 e. The molecule has 2 aromatic rings. The SMILES string of the molecule is C=CCOC12Oc3ccc(OC(=O)Nc4ccc(OC)cc4OC)cc3C3C(CCCCO)C(CCCCO)C=C(C(=NOC4CCCCO4)CC1SCCCCCCCCCCCCCCCC)C32. The average Bonchev–Trinajstić information content (AvgIpc) is 3.38. The minimum atomic E-state index is -1.07. The number of benzene rings is 2. The van der Waals surface area contributed by atoms with Crippen LogP contribution in [0.2, 0.25) is 0 Å². The molecule has 390 valence electrons. The predicted octanol–water partition coefficient (Wildman–Crippen LogP) is 13.7. The third-order valence-corrected chi connectivity index (χ3v) is 16.1. The highest BCUT2D eigenvalue weighted by molar-refractivity contribution is 8.00. The van der Waals surface area contributed by atoms with Gasteiger partial charge >= 0.3 is 6.09 Å². The van der Waals surface area contributed by atoms with Gasteiger partial charge < -0.3 is 43.5 Å². The highest BCUT2D eigenvalue weighted by atomic mass is 32.2. The van der Waals surface area contributed by atoms with Gasteiger partial charge in [-0.3, -0.25) is 5.32 Å². The molecule has 70 heavy (non-hydrogen) atoms. The van der Waals surface area contributed by atoms with E-state index in [-0.39, 0.29) is 42.1 Å². The van der Waals surface area contributed by atoms with Crippen LogP contribution in [0.3, 0.4) is 0 Å². The number of oxime groups is 1. The number of amides is 1. The van der Waals surface area contributed by atoms with E-state index in [1.54, 1.807) is 37.5 Å². The fraction of sp³-hybridized carbons (Fsp3) is 0.684. The predicted molar refractivity (Wildman–Crippen MR) is 282 cm³/mol. The number of fused-ring (bicyclic) bond motifs is 2. The smallest absolute Gasteiger partial charge is 0.417 e. The number of ether oxygens (including phenoxy) is 6. The van der Waals surface area contributed by atoms with E-state index in [4.69, 9.17) is 38.4 Å². The van der Waals surface area contributed by atoms with E-state index in [1.165, 1.54) is 90.6 Å². The van der Waals surface area contributed by atoms with Crippen molar-refractivity contribution >= 4 is 29.3 Å². The maximum Gasteiger partial charge on any atom is 0.417 e. The van der Waals surface area contributed by atoms with Gasteiger partial charge in [0.1, 0.15) is 23.0 Å². The summed E-state index contributed by atoms with van der Waals surface area (Å²) in [5.41, 5.74) is 3.35. The number of carbonyl (C=O) groups is 1. The van der Waals surface area contributed by atoms with Gasteiger partial charge in [0.05, 0.1) is 50.0 Å². The summed E-state index contributed by atoms with van der Waals surface area (Å²) in [6, 6.07) is 10.8. The van der Waals surface area contributed by atoms with E-state index in [2.05, 4.69) is 24.9 Å². The molecule has 7 atom stereocenters. The standard InChI is InChI=1S/C57H86N2O10S/c1-5-7-8-9-10-11-12-13-14-15-16-17-18-25-37-70-52-41-49(59-69-53-28-21-24-36-65-53)46-38-42(26-19-22-33-60)45(27-20-23-34-61)54-47-39-44(30-32-50(47)68-57(52,55(46)54)66-35-6-2)67-56(62)58-48-31-29-43(63-3)40-51(48)64-4/h6,29-32,38-40,42,45,52-55,60-61H,2,5,7-28,33-37,41H2,1,3-4H3,(H,58,62). The van der Waals surface area contributed by atoms with Crippen molar-refractivity contribution < 1.29 is 48.3 Å². The third-order valence-electron chi connectivity index (χ3n) is 14.7. The van der Waals surface area contributed by atoms with Crippen LogP contribution in [0, 0.1) is 17.8 Å². The van der Waals surface area contributed by atoms with Crippen molar-refractivity contribution in [3.05, 3.63) is 66.3 Å². The summed E-state index contributed by atoms with van der Waals surface area (Å²) < 4.78 is 37.5. The number of aliphatic hydroxyl groups excluding tert-OH is 2. The number of carbonyl (C=O) groups excluding carboxylic acids is 1. The number of allylic oxidation sites excluding steroid dienone is 1. The lowest BCUT2D eigenvalue weighted by atomic mass is 9.56. The normalized spacial score (nSPS) is 24.2. The number of aliphatic hydroxyl groups is 2. The van der Waals surface area contributed by atoms with Crippen LogP contribution in [0.1, 0.15) is 173 Å². The number of thioether (sulfide) groups is 1. The second kappa shape index (κ2) is 30.3. The molecule has 6 rings (SSSR count). The number of hydrogen-bond acceptors (Lipinski definition) is 12. The Balaban J connectivity index is 1.29. The zero-order chi connectivity index (χ0) is 49.4. The first kappa shape index (κ1) is 55.6. The summed E-state index contributed by atoms with van der Waals surface area (Å²) in [6.45, 7) is 7.58. The van der Waals surface area contributed by atoms with Crippen LogP contribution in [0.15, 0.2) is 65.9 Å². The molecule has 7 unspecified atom stereocenters. The second-order valence-electron chi connectivity index (χ2n) is 19.7. The van der Waals surface area contributed by atoms with Gasteiger partial charge in [-0.25, -0.2) is 4.79 Å². The van der Waals surface area contributed by atoms with Crippen molar-refractivity contribution in [3.8, 4) is 23.0 Å². The number of nitrogens with one attached hydrogen (secondary N) is 1. The number of unbranched alkanes of at least 4 members (excludes halogenated alkanes) is 15. The van der Waals surface area contributed by atoms with Crippen LogP contribution in [0.5, 0.6) is 23.0 Å². The van der Waals surface area contributed by atoms with Crippen molar-refractivity contribution in [2.75, 3.05) is 51.7 Å². The number of methoxy groups -OCH3 is 2. The van der Waals surface area contributed by atoms with E-state index in [9.17, 15) is 15.0 Å². The van der Waals surface area contributed by atoms with Gasteiger partial charge in [0.15, 0.2) is 0 Å². The summed E-state index contributed by atoms with van der Waals surface area (Å²) in [6.07, 6.45) is 29.8. The molecule has 1 saturated carbocycles. The average molecular weight is 991 g/mol. The molecule has 1 amide bonds. The van der Waals surface area contributed by atoms with Gasteiger partial charge in [-0.2, -0.15) is 11.8 Å². The quantitative estimate of drug-likeness (QED) is 0.0357. The maximum absolute atomic E-state index is 13.6. The fourth-order valence-electron chi connectivity index (χ4n) is 11.1. The first-order valence-electron chi connectivity index (χ1n) is 27.1. The fourth-order valence-corrected chi connectivity index (χ4v) is 12.5. The van der Waals surface area contributed by atoms with Crippen molar-refractivity contribution in [2.45, 2.75) is 184 Å². The Kier molecular flexibility index (Phi) is 24.1. The topological polar surface area (TPSA) is 147 Å². The summed E-state index contributed by atoms with van der Waals surface area (Å²) >= 11 is 1.92. The highest BCUT2D eigenvalue weighted by Crippen LogP contribution is 2.62. The Labute approximate surface area is 424 Å². The van der Waals surface area contributed by atoms with Crippen molar-refractivity contribution in [2.24, 2.45) is 22.9 Å². The first-order valence-corrected chi connectivity index (χ1v) is 28.1. The van der Waals surface area contributed by atoms with Crippen LogP contribution in [0.25, 0.3) is 0 Å². The molecule has 0 bridgehead atoms. The zero-order valence-electron chi connectivity index (χ0n) is 42.8. The molecule has 12 nitrogen and oxygen atoms in total. The van der Waals surface area contributed by atoms with Gasteiger partial charge in [-0.1, -0.05) is 121 Å². The summed E-state index contributed by atoms with van der Waals surface area (Å²) in [7, 11) is 3.11. The van der Waals surface area contributed by atoms with Crippen LogP contribution in [-0.2, 0) is 14.3 Å². The van der Waals surface area contributed by atoms with Crippen molar-refractivity contribution in [3.63, 3.8) is 0 Å². The molecule has 3 N–H and O–H groups in total. The van der Waals surface area contributed by atoms with Crippen molar-refractivity contribution in [1.29, 1.82) is 0 Å². The largest absolute Gasteiger partial charge is 0.497 e. The zero-order valence-corrected chi connectivity index (χ0v) is 43.6. The second-order valence-corrected chi connectivity index (χ2v) is 21.0. The van der Waals surface area contributed by atoms with Gasteiger partial charge in [-0.05, 0) is 98.4 Å².